The number of ether oxygens (including phenoxy) is 1. The molecule has 5 nitrogen and oxygen atoms in total. The van der Waals surface area contributed by atoms with Gasteiger partial charge in [-0.05, 0) is 93.9 Å². The molecule has 4 saturated carbocycles. The predicted molar refractivity (Wildman–Crippen MR) is 119 cm³/mol. The Bertz CT molecular complexity index is 810. The fourth-order valence-corrected chi connectivity index (χ4v) is 8.44. The van der Waals surface area contributed by atoms with Gasteiger partial charge in [0, 0.05) is 10.4 Å². The minimum atomic E-state index is -0.297. The molecule has 1 heterocycles. The van der Waals surface area contributed by atoms with Crippen molar-refractivity contribution in [3.63, 3.8) is 0 Å². The summed E-state index contributed by atoms with van der Waals surface area (Å²) in [6.45, 7) is 4.75. The molecule has 6 rings (SSSR count). The summed E-state index contributed by atoms with van der Waals surface area (Å²) in [4.78, 5) is 26.8. The smallest absolute Gasteiger partial charge is 0.341 e. The molecule has 4 bridgehead atoms. The summed E-state index contributed by atoms with van der Waals surface area (Å²) in [6.07, 6.45) is 10.8. The molecule has 164 valence electrons. The number of fused-ring (bicyclic) bond motifs is 1. The van der Waals surface area contributed by atoms with Crippen molar-refractivity contribution < 1.29 is 14.3 Å². The van der Waals surface area contributed by atoms with Gasteiger partial charge in [-0.15, -0.1) is 11.3 Å². The Labute approximate surface area is 183 Å². The summed E-state index contributed by atoms with van der Waals surface area (Å²) >= 11 is 1.57. The fourth-order valence-electron chi connectivity index (χ4n) is 7.02. The highest BCUT2D eigenvalue weighted by Gasteiger charge is 2.50. The molecule has 1 amide bonds. The molecule has 0 unspecified atom stereocenters. The highest BCUT2D eigenvalue weighted by Crippen LogP contribution is 2.55. The third-order valence-electron chi connectivity index (χ3n) is 7.91. The van der Waals surface area contributed by atoms with Crippen LogP contribution in [-0.4, -0.2) is 30.6 Å². The molecule has 0 radical (unpaired) electrons. The molecule has 0 spiro atoms. The standard InChI is InChI=1S/C24H34N2O3S/c1-3-29-23(28)21-18-5-4-14(2)6-19(18)30-22(21)26-20(27)13-25-24-10-15-7-16(11-24)9-17(8-15)12-24/h14-17,25H,3-13H2,1-2H3,(H,26,27)/t14-,15?,16?,17?,24?/m1/s1. The zero-order valence-electron chi connectivity index (χ0n) is 18.2. The van der Waals surface area contributed by atoms with E-state index in [2.05, 4.69) is 17.6 Å². The highest BCUT2D eigenvalue weighted by molar-refractivity contribution is 7.17. The van der Waals surface area contributed by atoms with Crippen molar-refractivity contribution in [2.45, 2.75) is 77.2 Å². The van der Waals surface area contributed by atoms with Crippen LogP contribution in [0, 0.1) is 23.7 Å². The van der Waals surface area contributed by atoms with Crippen LogP contribution >= 0.6 is 11.3 Å². The second kappa shape index (κ2) is 7.94. The SMILES string of the molecule is CCOC(=O)c1c(NC(=O)CNC23CC4CC(CC(C4)C2)C3)sc2c1CC[C@@H](C)C2. The van der Waals surface area contributed by atoms with Gasteiger partial charge in [0.1, 0.15) is 5.00 Å². The zero-order valence-corrected chi connectivity index (χ0v) is 19.0. The van der Waals surface area contributed by atoms with Crippen LogP contribution in [-0.2, 0) is 22.4 Å². The Balaban J connectivity index is 1.28. The minimum Gasteiger partial charge on any atom is -0.462 e. The van der Waals surface area contributed by atoms with Crippen LogP contribution in [0.2, 0.25) is 0 Å². The maximum absolute atomic E-state index is 12.9. The van der Waals surface area contributed by atoms with Crippen LogP contribution in [0.15, 0.2) is 0 Å². The van der Waals surface area contributed by atoms with Gasteiger partial charge in [-0.25, -0.2) is 4.79 Å². The Morgan fingerprint density at radius 1 is 1.13 bits per heavy atom. The molecule has 30 heavy (non-hydrogen) atoms. The van der Waals surface area contributed by atoms with E-state index in [1.54, 1.807) is 11.3 Å². The molecule has 1 aromatic heterocycles. The molecule has 1 aromatic rings. The Hall–Kier alpha value is -1.40. The topological polar surface area (TPSA) is 67.4 Å². The lowest BCUT2D eigenvalue weighted by molar-refractivity contribution is -0.116. The quantitative estimate of drug-likeness (QED) is 0.650. The van der Waals surface area contributed by atoms with Crippen molar-refractivity contribution in [3.8, 4) is 0 Å². The lowest BCUT2D eigenvalue weighted by Crippen LogP contribution is -2.59. The maximum Gasteiger partial charge on any atom is 0.341 e. The first kappa shape index (κ1) is 20.5. The minimum absolute atomic E-state index is 0.0389. The van der Waals surface area contributed by atoms with Gasteiger partial charge in [-0.2, -0.15) is 0 Å². The van der Waals surface area contributed by atoms with Gasteiger partial charge in [0.25, 0.3) is 0 Å². The van der Waals surface area contributed by atoms with Gasteiger partial charge < -0.3 is 15.4 Å². The van der Waals surface area contributed by atoms with E-state index in [1.165, 1.54) is 43.4 Å². The third-order valence-corrected chi connectivity index (χ3v) is 9.08. The first-order chi connectivity index (χ1) is 14.4. The number of esters is 1. The van der Waals surface area contributed by atoms with Crippen molar-refractivity contribution >= 4 is 28.2 Å². The zero-order chi connectivity index (χ0) is 20.9. The highest BCUT2D eigenvalue weighted by atomic mass is 32.1. The van der Waals surface area contributed by atoms with Gasteiger partial charge in [-0.3, -0.25) is 4.79 Å². The van der Waals surface area contributed by atoms with Gasteiger partial charge in [-0.1, -0.05) is 6.92 Å². The number of amides is 1. The summed E-state index contributed by atoms with van der Waals surface area (Å²) in [5, 5.41) is 7.42. The van der Waals surface area contributed by atoms with E-state index in [-0.39, 0.29) is 17.4 Å². The molecule has 4 fully saturated rings. The molecular formula is C24H34N2O3S. The summed E-state index contributed by atoms with van der Waals surface area (Å²) in [5.41, 5.74) is 1.87. The molecule has 0 aromatic carbocycles. The monoisotopic (exact) mass is 430 g/mol. The fraction of sp³-hybridized carbons (Fsp3) is 0.750. The Morgan fingerprint density at radius 2 is 1.80 bits per heavy atom. The third kappa shape index (κ3) is 3.81. The number of rotatable bonds is 6. The lowest BCUT2D eigenvalue weighted by atomic mass is 9.53. The van der Waals surface area contributed by atoms with E-state index in [4.69, 9.17) is 4.74 Å². The second-order valence-electron chi connectivity index (χ2n) is 10.4. The van der Waals surface area contributed by atoms with Crippen molar-refractivity contribution in [3.05, 3.63) is 16.0 Å². The van der Waals surface area contributed by atoms with Gasteiger partial charge in [0.05, 0.1) is 18.7 Å². The van der Waals surface area contributed by atoms with E-state index in [0.29, 0.717) is 29.6 Å². The molecule has 5 aliphatic rings. The van der Waals surface area contributed by atoms with E-state index in [9.17, 15) is 9.59 Å². The summed E-state index contributed by atoms with van der Waals surface area (Å²) < 4.78 is 5.33. The Kier molecular flexibility index (Phi) is 5.42. The average Bonchev–Trinajstić information content (AvgIpc) is 3.02. The largest absolute Gasteiger partial charge is 0.462 e. The van der Waals surface area contributed by atoms with Crippen LogP contribution in [0.5, 0.6) is 0 Å². The molecule has 0 saturated heterocycles. The van der Waals surface area contributed by atoms with Crippen molar-refractivity contribution in [2.75, 3.05) is 18.5 Å². The van der Waals surface area contributed by atoms with Gasteiger partial charge >= 0.3 is 5.97 Å². The van der Waals surface area contributed by atoms with E-state index >= 15 is 0 Å². The van der Waals surface area contributed by atoms with Crippen LogP contribution < -0.4 is 10.6 Å². The number of anilines is 1. The molecule has 5 aliphatic carbocycles. The first-order valence-electron chi connectivity index (χ1n) is 11.8. The average molecular weight is 431 g/mol. The first-order valence-corrected chi connectivity index (χ1v) is 12.6. The lowest BCUT2D eigenvalue weighted by Gasteiger charge is -2.57. The van der Waals surface area contributed by atoms with Crippen molar-refractivity contribution in [1.82, 2.24) is 5.32 Å². The van der Waals surface area contributed by atoms with E-state index in [1.807, 2.05) is 6.92 Å². The van der Waals surface area contributed by atoms with Gasteiger partial charge in [0.15, 0.2) is 0 Å². The molecule has 2 N–H and O–H groups in total. The summed E-state index contributed by atoms with van der Waals surface area (Å²) in [7, 11) is 0. The summed E-state index contributed by atoms with van der Waals surface area (Å²) in [6, 6.07) is 0. The predicted octanol–water partition coefficient (Wildman–Crippen LogP) is 4.55. The molecule has 0 aliphatic heterocycles. The Morgan fingerprint density at radius 3 is 2.43 bits per heavy atom. The molecule has 1 atom stereocenters. The second-order valence-corrected chi connectivity index (χ2v) is 11.5. The number of carbonyl (C=O) groups excluding carboxylic acids is 2. The van der Waals surface area contributed by atoms with Crippen LogP contribution in [0.25, 0.3) is 0 Å². The molecular weight excluding hydrogens is 396 g/mol. The number of carbonyl (C=O) groups is 2. The van der Waals surface area contributed by atoms with E-state index < -0.39 is 0 Å². The number of thiophene rings is 1. The normalized spacial score (nSPS) is 33.9. The number of hydrogen-bond acceptors (Lipinski definition) is 5. The maximum atomic E-state index is 12.9. The van der Waals surface area contributed by atoms with E-state index in [0.717, 1.165) is 42.6 Å². The number of hydrogen-bond donors (Lipinski definition) is 2. The van der Waals surface area contributed by atoms with Crippen LogP contribution in [0.3, 0.4) is 0 Å². The molecule has 6 heteroatoms. The van der Waals surface area contributed by atoms with Crippen LogP contribution in [0.1, 0.15) is 79.6 Å². The number of nitrogens with one attached hydrogen (secondary N) is 2. The summed E-state index contributed by atoms with van der Waals surface area (Å²) in [5.74, 6) is 2.85. The van der Waals surface area contributed by atoms with Crippen molar-refractivity contribution in [2.24, 2.45) is 23.7 Å². The van der Waals surface area contributed by atoms with Crippen LogP contribution in [0.4, 0.5) is 5.00 Å². The van der Waals surface area contributed by atoms with Gasteiger partial charge in [0.2, 0.25) is 5.91 Å². The van der Waals surface area contributed by atoms with Crippen molar-refractivity contribution in [1.29, 1.82) is 0 Å².